The molecule has 5 nitrogen and oxygen atoms in total. The molecule has 1 N–H and O–H groups in total. The third-order valence-corrected chi connectivity index (χ3v) is 6.89. The molecule has 1 saturated carbocycles. The number of nitrogens with zero attached hydrogens (tertiary/aromatic N) is 1. The molecule has 1 heterocycles. The first kappa shape index (κ1) is 18.8. The summed E-state index contributed by atoms with van der Waals surface area (Å²) in [6.07, 6.45) is 3.88. The van der Waals surface area contributed by atoms with Crippen molar-refractivity contribution in [3.8, 4) is 0 Å². The minimum Gasteiger partial charge on any atom is -0.322 e. The topological polar surface area (TPSA) is 66.5 Å². The standard InChI is InChI=1S/C25H24N2O3/c1-3-15-7-4-5-10-20(15)26-23(28)16-8-6-9-18(12-16)27-24(29)21-17-11-14(2)19(13-17)22(21)25(27)30/h4-12,17,19,21-22H,3,13H2,1-2H3,(H,26,28)/t17-,19+,21+,22+/m1/s1. The Morgan fingerprint density at radius 2 is 1.83 bits per heavy atom. The molecule has 0 radical (unpaired) electrons. The second kappa shape index (κ2) is 6.94. The van der Waals surface area contributed by atoms with Gasteiger partial charge in [0, 0.05) is 11.3 Å². The molecule has 3 aliphatic rings. The van der Waals surface area contributed by atoms with E-state index in [9.17, 15) is 14.4 Å². The Hall–Kier alpha value is -3.21. The van der Waals surface area contributed by atoms with Crippen LogP contribution in [0.4, 0.5) is 11.4 Å². The second-order valence-electron chi connectivity index (χ2n) is 8.50. The van der Waals surface area contributed by atoms with E-state index in [1.54, 1.807) is 24.3 Å². The van der Waals surface area contributed by atoms with Crippen molar-refractivity contribution in [2.24, 2.45) is 23.7 Å². The summed E-state index contributed by atoms with van der Waals surface area (Å²) in [4.78, 5) is 40.5. The number of imide groups is 1. The largest absolute Gasteiger partial charge is 0.322 e. The third kappa shape index (κ3) is 2.72. The van der Waals surface area contributed by atoms with Crippen molar-refractivity contribution < 1.29 is 14.4 Å². The van der Waals surface area contributed by atoms with Gasteiger partial charge in [-0.2, -0.15) is 0 Å². The normalized spacial score (nSPS) is 26.7. The van der Waals surface area contributed by atoms with E-state index >= 15 is 0 Å². The van der Waals surface area contributed by atoms with Gasteiger partial charge >= 0.3 is 0 Å². The van der Waals surface area contributed by atoms with Crippen LogP contribution < -0.4 is 10.2 Å². The van der Waals surface area contributed by atoms with Crippen LogP contribution in [0.2, 0.25) is 0 Å². The molecular formula is C25H24N2O3. The van der Waals surface area contributed by atoms with Crippen molar-refractivity contribution in [3.05, 3.63) is 71.3 Å². The van der Waals surface area contributed by atoms with Crippen molar-refractivity contribution in [1.82, 2.24) is 0 Å². The number of anilines is 2. The maximum atomic E-state index is 13.2. The fraction of sp³-hybridized carbons (Fsp3) is 0.320. The van der Waals surface area contributed by atoms with Crippen LogP contribution in [0.3, 0.4) is 0 Å². The van der Waals surface area contributed by atoms with E-state index in [4.69, 9.17) is 0 Å². The summed E-state index contributed by atoms with van der Waals surface area (Å²) in [5, 5.41) is 2.95. The van der Waals surface area contributed by atoms with Gasteiger partial charge in [0.05, 0.1) is 17.5 Å². The van der Waals surface area contributed by atoms with E-state index in [0.717, 1.165) is 24.1 Å². The number of fused-ring (bicyclic) bond motifs is 5. The quantitative estimate of drug-likeness (QED) is 0.618. The molecule has 3 amide bonds. The minimum absolute atomic E-state index is 0.126. The number of rotatable bonds is 4. The highest BCUT2D eigenvalue weighted by atomic mass is 16.2. The molecule has 2 aromatic carbocycles. The van der Waals surface area contributed by atoms with Crippen LogP contribution in [0.1, 0.15) is 36.2 Å². The van der Waals surface area contributed by atoms with Crippen LogP contribution in [0.25, 0.3) is 0 Å². The van der Waals surface area contributed by atoms with Gasteiger partial charge in [0.1, 0.15) is 0 Å². The van der Waals surface area contributed by atoms with E-state index in [0.29, 0.717) is 11.3 Å². The number of nitrogens with one attached hydrogen (secondary N) is 1. The number of amides is 3. The average molecular weight is 400 g/mol. The van der Waals surface area contributed by atoms with E-state index < -0.39 is 0 Å². The highest BCUT2D eigenvalue weighted by molar-refractivity contribution is 6.23. The summed E-state index contributed by atoms with van der Waals surface area (Å²) < 4.78 is 0. The fourth-order valence-electron chi connectivity index (χ4n) is 5.46. The van der Waals surface area contributed by atoms with Crippen molar-refractivity contribution in [2.75, 3.05) is 10.2 Å². The average Bonchev–Trinajstić information content (AvgIpc) is 3.39. The molecule has 5 heteroatoms. The predicted octanol–water partition coefficient (Wildman–Crippen LogP) is 4.20. The molecule has 5 rings (SSSR count). The van der Waals surface area contributed by atoms with E-state index in [-0.39, 0.29) is 41.4 Å². The Labute approximate surface area is 175 Å². The van der Waals surface area contributed by atoms with Gasteiger partial charge in [-0.1, -0.05) is 42.8 Å². The van der Waals surface area contributed by atoms with Crippen LogP contribution in [-0.4, -0.2) is 17.7 Å². The summed E-state index contributed by atoms with van der Waals surface area (Å²) in [7, 11) is 0. The number of hydrogen-bond donors (Lipinski definition) is 1. The lowest BCUT2D eigenvalue weighted by atomic mass is 9.82. The molecule has 2 aliphatic carbocycles. The molecule has 152 valence electrons. The number of hydrogen-bond acceptors (Lipinski definition) is 3. The van der Waals surface area contributed by atoms with Crippen LogP contribution in [0.15, 0.2) is 60.2 Å². The zero-order valence-electron chi connectivity index (χ0n) is 17.1. The zero-order valence-corrected chi connectivity index (χ0v) is 17.1. The molecule has 0 unspecified atom stereocenters. The van der Waals surface area contributed by atoms with Gasteiger partial charge in [-0.15, -0.1) is 0 Å². The van der Waals surface area contributed by atoms with Crippen molar-refractivity contribution >= 4 is 29.1 Å². The minimum atomic E-state index is -0.255. The van der Waals surface area contributed by atoms with Gasteiger partial charge in [-0.05, 0) is 61.4 Å². The van der Waals surface area contributed by atoms with Crippen LogP contribution in [0, 0.1) is 23.7 Å². The Kier molecular flexibility index (Phi) is 4.35. The fourth-order valence-corrected chi connectivity index (χ4v) is 5.46. The van der Waals surface area contributed by atoms with Gasteiger partial charge in [-0.3, -0.25) is 14.4 Å². The number of para-hydroxylation sites is 1. The molecule has 0 aromatic heterocycles. The molecule has 1 saturated heterocycles. The van der Waals surface area contributed by atoms with E-state index in [2.05, 4.69) is 18.3 Å². The molecule has 30 heavy (non-hydrogen) atoms. The lowest BCUT2D eigenvalue weighted by Gasteiger charge is -2.19. The predicted molar refractivity (Wildman–Crippen MR) is 115 cm³/mol. The summed E-state index contributed by atoms with van der Waals surface area (Å²) >= 11 is 0. The van der Waals surface area contributed by atoms with Crippen molar-refractivity contribution in [3.63, 3.8) is 0 Å². The van der Waals surface area contributed by atoms with Crippen LogP contribution in [-0.2, 0) is 16.0 Å². The molecule has 2 bridgehead atoms. The van der Waals surface area contributed by atoms with Gasteiger partial charge in [-0.25, -0.2) is 4.90 Å². The maximum absolute atomic E-state index is 13.2. The number of carbonyl (C=O) groups is 3. The summed E-state index contributed by atoms with van der Waals surface area (Å²) in [6.45, 7) is 4.09. The number of benzene rings is 2. The van der Waals surface area contributed by atoms with E-state index in [1.165, 1.54) is 10.5 Å². The molecule has 0 spiro atoms. The van der Waals surface area contributed by atoms with Crippen LogP contribution >= 0.6 is 0 Å². The number of aryl methyl sites for hydroxylation is 1. The van der Waals surface area contributed by atoms with Crippen LogP contribution in [0.5, 0.6) is 0 Å². The molecule has 1 aliphatic heterocycles. The number of allylic oxidation sites excluding steroid dienone is 2. The molecular weight excluding hydrogens is 376 g/mol. The Balaban J connectivity index is 1.41. The SMILES string of the molecule is CCc1ccccc1NC(=O)c1cccc(N2C(=O)[C@@H]3[C@@H](C2=O)[C@H]2C[C@H]3C=C2C)c1. The highest BCUT2D eigenvalue weighted by Crippen LogP contribution is 2.55. The summed E-state index contributed by atoms with van der Waals surface area (Å²) in [5.74, 6) is -0.665. The monoisotopic (exact) mass is 400 g/mol. The summed E-state index contributed by atoms with van der Waals surface area (Å²) in [5.41, 5.74) is 3.96. The van der Waals surface area contributed by atoms with Gasteiger partial charge in [0.25, 0.3) is 5.91 Å². The zero-order chi connectivity index (χ0) is 21.0. The lowest BCUT2D eigenvalue weighted by Crippen LogP contribution is -2.33. The third-order valence-electron chi connectivity index (χ3n) is 6.89. The van der Waals surface area contributed by atoms with Gasteiger partial charge in [0.15, 0.2) is 0 Å². The highest BCUT2D eigenvalue weighted by Gasteiger charge is 2.60. The first-order valence-corrected chi connectivity index (χ1v) is 10.5. The number of carbonyl (C=O) groups excluding carboxylic acids is 3. The summed E-state index contributed by atoms with van der Waals surface area (Å²) in [6, 6.07) is 14.5. The Morgan fingerprint density at radius 1 is 1.07 bits per heavy atom. The molecule has 2 fully saturated rings. The van der Waals surface area contributed by atoms with Crippen molar-refractivity contribution in [2.45, 2.75) is 26.7 Å². The van der Waals surface area contributed by atoms with Gasteiger partial charge in [0.2, 0.25) is 11.8 Å². The van der Waals surface area contributed by atoms with Crippen molar-refractivity contribution in [1.29, 1.82) is 0 Å². The Bertz CT molecular complexity index is 1100. The van der Waals surface area contributed by atoms with E-state index in [1.807, 2.05) is 31.2 Å². The molecule has 4 atom stereocenters. The smallest absolute Gasteiger partial charge is 0.255 e. The first-order chi connectivity index (χ1) is 14.5. The first-order valence-electron chi connectivity index (χ1n) is 10.5. The Morgan fingerprint density at radius 3 is 2.63 bits per heavy atom. The second-order valence-corrected chi connectivity index (χ2v) is 8.50. The maximum Gasteiger partial charge on any atom is 0.255 e. The van der Waals surface area contributed by atoms with Gasteiger partial charge < -0.3 is 5.32 Å². The lowest BCUT2D eigenvalue weighted by molar-refractivity contribution is -0.123. The molecule has 2 aromatic rings.